The Hall–Kier alpha value is -3.18. The van der Waals surface area contributed by atoms with Gasteiger partial charge in [-0.2, -0.15) is 0 Å². The molecule has 1 amide bonds. The molecule has 1 unspecified atom stereocenters. The molecule has 30 heavy (non-hydrogen) atoms. The van der Waals surface area contributed by atoms with E-state index >= 15 is 0 Å². The Kier molecular flexibility index (Phi) is 6.53. The number of aromatic nitrogens is 1. The standard InChI is InChI=1S/C24H22N2O3.ClH/c1-2-29-22(27)17-24(16-18-12-14-25-15-13-18)20-10-6-7-11-21(20)26(23(24)28)19-8-4-3-5-9-19;/h3-15H,2,16-17H2,1H3;1H. The minimum absolute atomic E-state index is 0. The van der Waals surface area contributed by atoms with Crippen molar-refractivity contribution in [2.45, 2.75) is 25.2 Å². The molecule has 5 nitrogen and oxygen atoms in total. The second kappa shape index (κ2) is 9.09. The van der Waals surface area contributed by atoms with Crippen LogP contribution in [0.25, 0.3) is 0 Å². The largest absolute Gasteiger partial charge is 0.466 e. The molecule has 1 aromatic heterocycles. The molecular weight excluding hydrogens is 400 g/mol. The van der Waals surface area contributed by atoms with Gasteiger partial charge in [0.2, 0.25) is 5.91 Å². The molecular formula is C24H23ClN2O3. The third kappa shape index (κ3) is 3.81. The molecule has 1 aliphatic heterocycles. The quantitative estimate of drug-likeness (QED) is 0.544. The minimum atomic E-state index is -1.03. The average Bonchev–Trinajstić information content (AvgIpc) is 2.98. The van der Waals surface area contributed by atoms with E-state index in [4.69, 9.17) is 4.74 Å². The molecule has 6 heteroatoms. The van der Waals surface area contributed by atoms with Crippen LogP contribution in [0.4, 0.5) is 11.4 Å². The lowest BCUT2D eigenvalue weighted by molar-refractivity contribution is -0.146. The number of nitrogens with zero attached hydrogens (tertiary/aromatic N) is 2. The van der Waals surface area contributed by atoms with Gasteiger partial charge in [0.15, 0.2) is 0 Å². The van der Waals surface area contributed by atoms with Crippen molar-refractivity contribution in [3.63, 3.8) is 0 Å². The van der Waals surface area contributed by atoms with E-state index in [1.807, 2.05) is 66.7 Å². The number of amides is 1. The van der Waals surface area contributed by atoms with Gasteiger partial charge < -0.3 is 4.74 Å². The fourth-order valence-electron chi connectivity index (χ4n) is 4.06. The summed E-state index contributed by atoms with van der Waals surface area (Å²) < 4.78 is 5.25. The number of benzene rings is 2. The zero-order chi connectivity index (χ0) is 20.3. The maximum Gasteiger partial charge on any atom is 0.307 e. The Morgan fingerprint density at radius 3 is 2.37 bits per heavy atom. The number of rotatable bonds is 6. The Labute approximate surface area is 182 Å². The molecule has 0 bridgehead atoms. The summed E-state index contributed by atoms with van der Waals surface area (Å²) in [5.41, 5.74) is 2.36. The van der Waals surface area contributed by atoms with Gasteiger partial charge in [-0.3, -0.25) is 19.5 Å². The topological polar surface area (TPSA) is 59.5 Å². The van der Waals surface area contributed by atoms with E-state index in [-0.39, 0.29) is 37.3 Å². The van der Waals surface area contributed by atoms with Gasteiger partial charge in [0, 0.05) is 18.1 Å². The number of carbonyl (C=O) groups excluding carboxylic acids is 2. The summed E-state index contributed by atoms with van der Waals surface area (Å²) in [5, 5.41) is 0. The predicted molar refractivity (Wildman–Crippen MR) is 118 cm³/mol. The monoisotopic (exact) mass is 422 g/mol. The van der Waals surface area contributed by atoms with Crippen LogP contribution in [-0.4, -0.2) is 23.5 Å². The zero-order valence-electron chi connectivity index (χ0n) is 16.7. The van der Waals surface area contributed by atoms with Crippen molar-refractivity contribution in [3.8, 4) is 0 Å². The van der Waals surface area contributed by atoms with Crippen LogP contribution < -0.4 is 4.90 Å². The number of hydrogen-bond donors (Lipinski definition) is 0. The number of fused-ring (bicyclic) bond motifs is 1. The van der Waals surface area contributed by atoms with Gasteiger partial charge in [0.1, 0.15) is 0 Å². The highest BCUT2D eigenvalue weighted by Crippen LogP contribution is 2.49. The van der Waals surface area contributed by atoms with Gasteiger partial charge >= 0.3 is 5.97 Å². The second-order valence-corrected chi connectivity index (χ2v) is 7.09. The molecule has 154 valence electrons. The van der Waals surface area contributed by atoms with Crippen LogP contribution in [-0.2, 0) is 26.2 Å². The molecule has 0 saturated carbocycles. The zero-order valence-corrected chi connectivity index (χ0v) is 17.5. The molecule has 0 spiro atoms. The van der Waals surface area contributed by atoms with Crippen molar-refractivity contribution >= 4 is 35.7 Å². The third-order valence-corrected chi connectivity index (χ3v) is 5.29. The summed E-state index contributed by atoms with van der Waals surface area (Å²) in [6.07, 6.45) is 3.79. The SMILES string of the molecule is CCOC(=O)CC1(Cc2ccncc2)C(=O)N(c2ccccc2)c2ccccc21.Cl. The lowest BCUT2D eigenvalue weighted by Crippen LogP contribution is -2.42. The summed E-state index contributed by atoms with van der Waals surface area (Å²) in [4.78, 5) is 32.3. The van der Waals surface area contributed by atoms with Gasteiger partial charge in [-0.15, -0.1) is 12.4 Å². The number of halogens is 1. The van der Waals surface area contributed by atoms with Crippen molar-refractivity contribution in [1.82, 2.24) is 4.98 Å². The normalized spacial score (nSPS) is 17.2. The first-order valence-corrected chi connectivity index (χ1v) is 9.69. The highest BCUT2D eigenvalue weighted by Gasteiger charge is 2.52. The smallest absolute Gasteiger partial charge is 0.307 e. The van der Waals surface area contributed by atoms with Crippen LogP contribution in [0.3, 0.4) is 0 Å². The Bertz CT molecular complexity index is 1030. The molecule has 1 aliphatic rings. The minimum Gasteiger partial charge on any atom is -0.466 e. The van der Waals surface area contributed by atoms with Crippen LogP contribution in [0.2, 0.25) is 0 Å². The maximum absolute atomic E-state index is 13.9. The summed E-state index contributed by atoms with van der Waals surface area (Å²) in [6, 6.07) is 21.0. The number of pyridine rings is 1. The number of anilines is 2. The summed E-state index contributed by atoms with van der Waals surface area (Å²) >= 11 is 0. The second-order valence-electron chi connectivity index (χ2n) is 7.09. The van der Waals surface area contributed by atoms with Crippen molar-refractivity contribution in [2.75, 3.05) is 11.5 Å². The molecule has 4 rings (SSSR count). The summed E-state index contributed by atoms with van der Waals surface area (Å²) in [7, 11) is 0. The van der Waals surface area contributed by atoms with E-state index in [1.54, 1.807) is 24.2 Å². The lowest BCUT2D eigenvalue weighted by Gasteiger charge is -2.28. The number of esters is 1. The highest BCUT2D eigenvalue weighted by atomic mass is 35.5. The maximum atomic E-state index is 13.9. The summed E-state index contributed by atoms with van der Waals surface area (Å²) in [6.45, 7) is 2.05. The van der Waals surface area contributed by atoms with E-state index in [1.165, 1.54) is 0 Å². The van der Waals surface area contributed by atoms with Gasteiger partial charge in [-0.1, -0.05) is 36.4 Å². The number of carbonyl (C=O) groups is 2. The van der Waals surface area contributed by atoms with Gasteiger partial charge in [0.25, 0.3) is 0 Å². The molecule has 0 saturated heterocycles. The van der Waals surface area contributed by atoms with E-state index in [0.717, 1.165) is 22.5 Å². The van der Waals surface area contributed by atoms with Crippen molar-refractivity contribution in [3.05, 3.63) is 90.3 Å². The fourth-order valence-corrected chi connectivity index (χ4v) is 4.06. The van der Waals surface area contributed by atoms with Crippen LogP contribution in [0.5, 0.6) is 0 Å². The first kappa shape index (κ1) is 21.5. The van der Waals surface area contributed by atoms with Gasteiger partial charge in [0.05, 0.1) is 24.1 Å². The molecule has 0 fully saturated rings. The van der Waals surface area contributed by atoms with Crippen LogP contribution in [0.1, 0.15) is 24.5 Å². The number of ether oxygens (including phenoxy) is 1. The first-order chi connectivity index (χ1) is 14.2. The molecule has 3 aromatic rings. The molecule has 0 N–H and O–H groups in total. The molecule has 2 heterocycles. The molecule has 0 aliphatic carbocycles. The van der Waals surface area contributed by atoms with E-state index < -0.39 is 5.41 Å². The Morgan fingerprint density at radius 2 is 1.67 bits per heavy atom. The van der Waals surface area contributed by atoms with Crippen molar-refractivity contribution < 1.29 is 14.3 Å². The third-order valence-electron chi connectivity index (χ3n) is 5.29. The molecule has 2 aromatic carbocycles. The molecule has 1 atom stereocenters. The average molecular weight is 423 g/mol. The molecule has 0 radical (unpaired) electrons. The fraction of sp³-hybridized carbons (Fsp3) is 0.208. The predicted octanol–water partition coefficient (Wildman–Crippen LogP) is 4.62. The van der Waals surface area contributed by atoms with Gasteiger partial charge in [-0.25, -0.2) is 0 Å². The first-order valence-electron chi connectivity index (χ1n) is 9.69. The van der Waals surface area contributed by atoms with Crippen molar-refractivity contribution in [1.29, 1.82) is 0 Å². The summed E-state index contributed by atoms with van der Waals surface area (Å²) in [5.74, 6) is -0.491. The number of hydrogen-bond acceptors (Lipinski definition) is 4. The number of para-hydroxylation sites is 2. The van der Waals surface area contributed by atoms with E-state index in [0.29, 0.717) is 6.42 Å². The lowest BCUT2D eigenvalue weighted by atomic mass is 9.74. The van der Waals surface area contributed by atoms with E-state index in [2.05, 4.69) is 4.98 Å². The Morgan fingerprint density at radius 1 is 1.00 bits per heavy atom. The van der Waals surface area contributed by atoms with E-state index in [9.17, 15) is 9.59 Å². The highest BCUT2D eigenvalue weighted by molar-refractivity contribution is 6.14. The van der Waals surface area contributed by atoms with Gasteiger partial charge in [-0.05, 0) is 54.8 Å². The van der Waals surface area contributed by atoms with Crippen LogP contribution in [0.15, 0.2) is 79.1 Å². The van der Waals surface area contributed by atoms with Crippen molar-refractivity contribution in [2.24, 2.45) is 0 Å². The van der Waals surface area contributed by atoms with Crippen LogP contribution >= 0.6 is 12.4 Å². The van der Waals surface area contributed by atoms with Crippen LogP contribution in [0, 0.1) is 0 Å². The Balaban J connectivity index is 0.00000256.